The van der Waals surface area contributed by atoms with Crippen LogP contribution in [-0.4, -0.2) is 24.1 Å². The van der Waals surface area contributed by atoms with Crippen LogP contribution in [0.25, 0.3) is 55.5 Å². The molecule has 5 nitrogen and oxygen atoms in total. The smallest absolute Gasteiger partial charge is 0.137 e. The Hall–Kier alpha value is -4.51. The van der Waals surface area contributed by atoms with Gasteiger partial charge in [-0.3, -0.25) is 9.55 Å². The van der Waals surface area contributed by atoms with Gasteiger partial charge in [-0.2, -0.15) is 0 Å². The summed E-state index contributed by atoms with van der Waals surface area (Å²) in [7, 11) is 0. The van der Waals surface area contributed by atoms with Crippen LogP contribution >= 0.6 is 0 Å². The molecule has 7 rings (SSSR count). The van der Waals surface area contributed by atoms with Crippen molar-refractivity contribution in [2.45, 2.75) is 0 Å². The summed E-state index contributed by atoms with van der Waals surface area (Å²) >= 11 is 0. The Labute approximate surface area is 183 Å². The number of fused-ring (bicyclic) bond motifs is 6. The molecule has 0 saturated carbocycles. The van der Waals surface area contributed by atoms with Crippen molar-refractivity contribution in [2.24, 2.45) is 0 Å². The molecular formula is C27H17N5. The minimum atomic E-state index is 0.851. The average molecular weight is 411 g/mol. The highest BCUT2D eigenvalue weighted by molar-refractivity contribution is 6.14. The van der Waals surface area contributed by atoms with Crippen LogP contribution in [0.4, 0.5) is 0 Å². The van der Waals surface area contributed by atoms with Gasteiger partial charge in [0.2, 0.25) is 0 Å². The lowest BCUT2D eigenvalue weighted by atomic mass is 10.2. The van der Waals surface area contributed by atoms with E-state index in [1.807, 2.05) is 42.7 Å². The Morgan fingerprint density at radius 1 is 0.500 bits per heavy atom. The molecule has 0 unspecified atom stereocenters. The minimum absolute atomic E-state index is 0.851. The molecule has 0 aliphatic rings. The normalized spacial score (nSPS) is 11.8. The Kier molecular flexibility index (Phi) is 3.49. The number of benzene rings is 2. The molecule has 0 N–H and O–H groups in total. The molecule has 0 amide bonds. The van der Waals surface area contributed by atoms with E-state index >= 15 is 0 Å². The van der Waals surface area contributed by atoms with Crippen molar-refractivity contribution in [3.05, 3.63) is 103 Å². The molecule has 0 fully saturated rings. The van der Waals surface area contributed by atoms with E-state index < -0.39 is 0 Å². The van der Waals surface area contributed by atoms with Crippen LogP contribution < -0.4 is 0 Å². The highest BCUT2D eigenvalue weighted by Gasteiger charge is 2.20. The fourth-order valence-electron chi connectivity index (χ4n) is 4.68. The highest BCUT2D eigenvalue weighted by atomic mass is 15.1. The number of pyridine rings is 3. The van der Waals surface area contributed by atoms with Crippen LogP contribution in [-0.2, 0) is 0 Å². The number of nitrogens with zero attached hydrogens (tertiary/aromatic N) is 5. The third-order valence-corrected chi connectivity index (χ3v) is 6.01. The molecule has 0 spiro atoms. The summed E-state index contributed by atoms with van der Waals surface area (Å²) in [6.45, 7) is 0. The van der Waals surface area contributed by atoms with E-state index in [0.717, 1.165) is 55.5 Å². The van der Waals surface area contributed by atoms with Gasteiger partial charge in [0.1, 0.15) is 16.9 Å². The lowest BCUT2D eigenvalue weighted by Crippen LogP contribution is -1.97. The van der Waals surface area contributed by atoms with E-state index in [9.17, 15) is 0 Å². The third-order valence-electron chi connectivity index (χ3n) is 6.01. The molecule has 150 valence electrons. The summed E-state index contributed by atoms with van der Waals surface area (Å²) in [4.78, 5) is 14.5. The van der Waals surface area contributed by atoms with Gasteiger partial charge in [0, 0.05) is 23.5 Å². The summed E-state index contributed by atoms with van der Waals surface area (Å²) in [5, 5.41) is 1.13. The quantitative estimate of drug-likeness (QED) is 0.347. The van der Waals surface area contributed by atoms with Crippen LogP contribution in [0.1, 0.15) is 0 Å². The van der Waals surface area contributed by atoms with E-state index in [1.54, 1.807) is 0 Å². The predicted octanol–water partition coefficient (Wildman–Crippen LogP) is 6.07. The largest absolute Gasteiger partial charge is 0.308 e. The first-order chi connectivity index (χ1) is 15.9. The summed E-state index contributed by atoms with van der Waals surface area (Å²) in [6, 6.07) is 31.1. The maximum Gasteiger partial charge on any atom is 0.137 e. The first kappa shape index (κ1) is 17.2. The van der Waals surface area contributed by atoms with E-state index in [0.29, 0.717) is 0 Å². The lowest BCUT2D eigenvalue weighted by Gasteiger charge is -2.08. The van der Waals surface area contributed by atoms with Gasteiger partial charge < -0.3 is 4.57 Å². The summed E-state index contributed by atoms with van der Waals surface area (Å²) in [6.07, 6.45) is 3.64. The zero-order chi connectivity index (χ0) is 21.1. The first-order valence-corrected chi connectivity index (χ1v) is 10.6. The van der Waals surface area contributed by atoms with Crippen molar-refractivity contribution < 1.29 is 0 Å². The number of rotatable bonds is 2. The van der Waals surface area contributed by atoms with Gasteiger partial charge in [-0.1, -0.05) is 42.5 Å². The zero-order valence-corrected chi connectivity index (χ0v) is 17.1. The molecule has 0 aliphatic carbocycles. The zero-order valence-electron chi connectivity index (χ0n) is 17.1. The molecule has 2 aromatic carbocycles. The van der Waals surface area contributed by atoms with Crippen molar-refractivity contribution >= 4 is 44.0 Å². The molecule has 0 bridgehead atoms. The first-order valence-electron chi connectivity index (χ1n) is 10.6. The Bertz CT molecular complexity index is 1630. The maximum absolute atomic E-state index is 5.19. The van der Waals surface area contributed by atoms with Crippen LogP contribution in [0.15, 0.2) is 103 Å². The number of hydrogen-bond acceptors (Lipinski definition) is 3. The molecule has 5 heterocycles. The predicted molar refractivity (Wildman–Crippen MR) is 129 cm³/mol. The Morgan fingerprint density at radius 2 is 1.25 bits per heavy atom. The van der Waals surface area contributed by atoms with E-state index in [1.165, 1.54) is 0 Å². The third kappa shape index (κ3) is 2.30. The van der Waals surface area contributed by atoms with E-state index in [4.69, 9.17) is 4.98 Å². The second-order valence-corrected chi connectivity index (χ2v) is 7.81. The highest BCUT2D eigenvalue weighted by Crippen LogP contribution is 2.36. The van der Waals surface area contributed by atoms with Crippen molar-refractivity contribution in [2.75, 3.05) is 0 Å². The summed E-state index contributed by atoms with van der Waals surface area (Å²) in [5.74, 6) is 0.851. The number of para-hydroxylation sites is 2. The van der Waals surface area contributed by atoms with E-state index in [-0.39, 0.29) is 0 Å². The van der Waals surface area contributed by atoms with Crippen molar-refractivity contribution in [1.29, 1.82) is 0 Å². The molecular weight excluding hydrogens is 394 g/mol. The van der Waals surface area contributed by atoms with Gasteiger partial charge in [-0.05, 0) is 48.5 Å². The van der Waals surface area contributed by atoms with Crippen molar-refractivity contribution in [1.82, 2.24) is 24.1 Å². The number of aromatic nitrogens is 5. The lowest BCUT2D eigenvalue weighted by molar-refractivity contribution is 1.08. The van der Waals surface area contributed by atoms with Crippen LogP contribution in [0.2, 0.25) is 0 Å². The van der Waals surface area contributed by atoms with Gasteiger partial charge in [0.15, 0.2) is 0 Å². The monoisotopic (exact) mass is 411 g/mol. The average Bonchev–Trinajstić information content (AvgIpc) is 3.36. The van der Waals surface area contributed by atoms with Gasteiger partial charge in [0.25, 0.3) is 0 Å². The van der Waals surface area contributed by atoms with Gasteiger partial charge in [-0.25, -0.2) is 9.97 Å². The molecule has 0 saturated heterocycles. The van der Waals surface area contributed by atoms with Gasteiger partial charge >= 0.3 is 0 Å². The van der Waals surface area contributed by atoms with Crippen LogP contribution in [0.5, 0.6) is 0 Å². The fraction of sp³-hybridized carbons (Fsp3) is 0. The minimum Gasteiger partial charge on any atom is -0.308 e. The van der Waals surface area contributed by atoms with Crippen LogP contribution in [0.3, 0.4) is 0 Å². The molecule has 32 heavy (non-hydrogen) atoms. The standard InChI is InChI=1S/C27H17N5/c1-2-9-18(10-3-1)31-20-12-5-4-11-19(20)25-22(31)17-23-27(30-25)26-21(13-8-16-29-26)32(23)24-14-6-7-15-28-24/h1-17H. The Morgan fingerprint density at radius 3 is 2.12 bits per heavy atom. The van der Waals surface area contributed by atoms with Crippen molar-refractivity contribution in [3.8, 4) is 11.5 Å². The molecule has 0 radical (unpaired) electrons. The van der Waals surface area contributed by atoms with Gasteiger partial charge in [-0.15, -0.1) is 0 Å². The molecule has 5 heteroatoms. The second kappa shape index (κ2) is 6.49. The topological polar surface area (TPSA) is 48.5 Å². The number of hydrogen-bond donors (Lipinski definition) is 0. The van der Waals surface area contributed by atoms with Crippen molar-refractivity contribution in [3.63, 3.8) is 0 Å². The van der Waals surface area contributed by atoms with Gasteiger partial charge in [0.05, 0.1) is 27.6 Å². The summed E-state index contributed by atoms with van der Waals surface area (Å²) in [5.41, 5.74) is 8.03. The summed E-state index contributed by atoms with van der Waals surface area (Å²) < 4.78 is 4.43. The van der Waals surface area contributed by atoms with Crippen LogP contribution in [0, 0.1) is 0 Å². The second-order valence-electron chi connectivity index (χ2n) is 7.81. The maximum atomic E-state index is 5.19. The molecule has 5 aromatic heterocycles. The SMILES string of the molecule is c1ccc(-n2c3ccccc3c3nc4c5ncccc5n(-c5ccccn5)c4cc32)cc1. The Balaban J connectivity index is 1.71. The fourth-order valence-corrected chi connectivity index (χ4v) is 4.68. The molecule has 0 aliphatic heterocycles. The van der Waals surface area contributed by atoms with E-state index in [2.05, 4.69) is 79.8 Å². The molecule has 7 aromatic rings. The molecule has 0 atom stereocenters.